The summed E-state index contributed by atoms with van der Waals surface area (Å²) in [6.45, 7) is 12.0. The Bertz CT molecular complexity index is 427. The molecular weight excluding hydrogens is 250 g/mol. The summed E-state index contributed by atoms with van der Waals surface area (Å²) < 4.78 is 5.35. The van der Waals surface area contributed by atoms with Crippen LogP contribution in [-0.4, -0.2) is 17.7 Å². The molecule has 0 bridgehead atoms. The van der Waals surface area contributed by atoms with Gasteiger partial charge >= 0.3 is 6.09 Å². The number of hydrogen-bond acceptors (Lipinski definition) is 2. The van der Waals surface area contributed by atoms with E-state index in [1.54, 1.807) is 0 Å². The normalized spacial score (nSPS) is 13.7. The monoisotopic (exact) mass is 277 g/mol. The number of rotatable bonds is 3. The fraction of sp³-hybridized carbons (Fsp3) is 0.588. The van der Waals surface area contributed by atoms with Crippen LogP contribution in [0.3, 0.4) is 0 Å². The largest absolute Gasteiger partial charge is 0.444 e. The van der Waals surface area contributed by atoms with Crippen LogP contribution in [-0.2, 0) is 11.2 Å². The van der Waals surface area contributed by atoms with Crippen molar-refractivity contribution in [1.82, 2.24) is 5.32 Å². The van der Waals surface area contributed by atoms with Gasteiger partial charge in [0.05, 0.1) is 0 Å². The highest BCUT2D eigenvalue weighted by atomic mass is 16.6. The number of benzene rings is 1. The molecule has 0 heterocycles. The number of nitrogens with one attached hydrogen (secondary N) is 1. The zero-order chi connectivity index (χ0) is 15.4. The topological polar surface area (TPSA) is 38.3 Å². The van der Waals surface area contributed by atoms with Gasteiger partial charge < -0.3 is 10.1 Å². The maximum Gasteiger partial charge on any atom is 0.407 e. The van der Waals surface area contributed by atoms with Crippen molar-refractivity contribution < 1.29 is 9.53 Å². The van der Waals surface area contributed by atoms with E-state index >= 15 is 0 Å². The number of ether oxygens (including phenoxy) is 1. The highest BCUT2D eigenvalue weighted by Crippen LogP contribution is 2.23. The number of hydrogen-bond donors (Lipinski definition) is 1. The Morgan fingerprint density at radius 3 is 2.10 bits per heavy atom. The fourth-order valence-electron chi connectivity index (χ4n) is 1.87. The van der Waals surface area contributed by atoms with Gasteiger partial charge in [-0.25, -0.2) is 4.79 Å². The molecule has 0 fully saturated rings. The molecule has 20 heavy (non-hydrogen) atoms. The van der Waals surface area contributed by atoms with Crippen LogP contribution in [0.15, 0.2) is 30.3 Å². The van der Waals surface area contributed by atoms with Crippen LogP contribution < -0.4 is 5.32 Å². The molecule has 0 saturated heterocycles. The molecule has 1 aromatic rings. The summed E-state index contributed by atoms with van der Waals surface area (Å²) >= 11 is 0. The molecule has 1 aromatic carbocycles. The predicted octanol–water partition coefficient (Wildman–Crippen LogP) is 4.17. The summed E-state index contributed by atoms with van der Waals surface area (Å²) in [5, 5.41) is 3.00. The van der Waals surface area contributed by atoms with Crippen LogP contribution in [0.25, 0.3) is 0 Å². The van der Waals surface area contributed by atoms with E-state index in [0.717, 1.165) is 6.42 Å². The van der Waals surface area contributed by atoms with Gasteiger partial charge in [-0.1, -0.05) is 51.1 Å². The van der Waals surface area contributed by atoms with Gasteiger partial charge in [-0.3, -0.25) is 0 Å². The van der Waals surface area contributed by atoms with Gasteiger partial charge in [0.15, 0.2) is 0 Å². The summed E-state index contributed by atoms with van der Waals surface area (Å²) in [5.74, 6) is 0. The van der Waals surface area contributed by atoms with Crippen molar-refractivity contribution in [2.24, 2.45) is 5.41 Å². The smallest absolute Gasteiger partial charge is 0.407 e. The van der Waals surface area contributed by atoms with Gasteiger partial charge in [-0.05, 0) is 38.2 Å². The summed E-state index contributed by atoms with van der Waals surface area (Å²) in [4.78, 5) is 12.0. The lowest BCUT2D eigenvalue weighted by atomic mass is 9.83. The first-order chi connectivity index (χ1) is 9.08. The molecule has 1 unspecified atom stereocenters. The lowest BCUT2D eigenvalue weighted by Gasteiger charge is -2.32. The predicted molar refractivity (Wildman–Crippen MR) is 82.8 cm³/mol. The van der Waals surface area contributed by atoms with Crippen molar-refractivity contribution in [3.8, 4) is 0 Å². The van der Waals surface area contributed by atoms with E-state index in [1.807, 2.05) is 39.0 Å². The number of carbonyl (C=O) groups is 1. The maximum atomic E-state index is 12.0. The quantitative estimate of drug-likeness (QED) is 0.900. The van der Waals surface area contributed by atoms with E-state index in [4.69, 9.17) is 4.74 Å². The molecule has 0 saturated carbocycles. The molecule has 0 radical (unpaired) electrons. The molecule has 3 heteroatoms. The van der Waals surface area contributed by atoms with Gasteiger partial charge in [-0.2, -0.15) is 0 Å². The average Bonchev–Trinajstić information content (AvgIpc) is 2.25. The van der Waals surface area contributed by atoms with E-state index < -0.39 is 5.60 Å². The molecule has 1 rings (SSSR count). The van der Waals surface area contributed by atoms with Crippen LogP contribution in [0.2, 0.25) is 0 Å². The first-order valence-electron chi connectivity index (χ1n) is 7.11. The van der Waals surface area contributed by atoms with Gasteiger partial charge in [0, 0.05) is 6.04 Å². The van der Waals surface area contributed by atoms with Crippen molar-refractivity contribution in [3.63, 3.8) is 0 Å². The number of amides is 1. The SMILES string of the molecule is CC(C)(C)OC(=O)NC(Cc1ccccc1)C(C)(C)C. The number of carbonyl (C=O) groups excluding carboxylic acids is 1. The van der Waals surface area contributed by atoms with Crippen LogP contribution in [0.4, 0.5) is 4.79 Å². The van der Waals surface area contributed by atoms with Crippen LogP contribution in [0.1, 0.15) is 47.1 Å². The van der Waals surface area contributed by atoms with Crippen LogP contribution >= 0.6 is 0 Å². The second-order valence-electron chi connectivity index (χ2n) is 7.25. The molecular formula is C17H27NO2. The minimum atomic E-state index is -0.473. The van der Waals surface area contributed by atoms with Crippen molar-refractivity contribution in [3.05, 3.63) is 35.9 Å². The Balaban J connectivity index is 2.74. The molecule has 1 amide bonds. The summed E-state index contributed by atoms with van der Waals surface area (Å²) in [6, 6.07) is 10.2. The second-order valence-corrected chi connectivity index (χ2v) is 7.25. The average molecular weight is 277 g/mol. The van der Waals surface area contributed by atoms with Crippen molar-refractivity contribution in [1.29, 1.82) is 0 Å². The number of alkyl carbamates (subject to hydrolysis) is 1. The van der Waals surface area contributed by atoms with Gasteiger partial charge in [0.25, 0.3) is 0 Å². The summed E-state index contributed by atoms with van der Waals surface area (Å²) in [5.41, 5.74) is 0.704. The molecule has 0 aromatic heterocycles. The molecule has 0 aliphatic carbocycles. The maximum absolute atomic E-state index is 12.0. The third-order valence-corrected chi connectivity index (χ3v) is 3.02. The lowest BCUT2D eigenvalue weighted by Crippen LogP contribution is -2.47. The van der Waals surface area contributed by atoms with Gasteiger partial charge in [-0.15, -0.1) is 0 Å². The molecule has 0 aliphatic rings. The Morgan fingerprint density at radius 2 is 1.65 bits per heavy atom. The van der Waals surface area contributed by atoms with Crippen LogP contribution in [0.5, 0.6) is 0 Å². The lowest BCUT2D eigenvalue weighted by molar-refractivity contribution is 0.0464. The highest BCUT2D eigenvalue weighted by molar-refractivity contribution is 5.68. The zero-order valence-electron chi connectivity index (χ0n) is 13.5. The fourth-order valence-corrected chi connectivity index (χ4v) is 1.87. The second kappa shape index (κ2) is 6.29. The minimum Gasteiger partial charge on any atom is -0.444 e. The Hall–Kier alpha value is -1.51. The molecule has 112 valence electrons. The van der Waals surface area contributed by atoms with E-state index in [1.165, 1.54) is 5.56 Å². The summed E-state index contributed by atoms with van der Waals surface area (Å²) in [7, 11) is 0. The molecule has 1 N–H and O–H groups in total. The first kappa shape index (κ1) is 16.5. The third-order valence-electron chi connectivity index (χ3n) is 3.02. The Kier molecular flexibility index (Phi) is 5.21. The molecule has 1 atom stereocenters. The zero-order valence-corrected chi connectivity index (χ0v) is 13.5. The summed E-state index contributed by atoms with van der Waals surface area (Å²) in [6.07, 6.45) is 0.442. The molecule has 3 nitrogen and oxygen atoms in total. The van der Waals surface area contributed by atoms with E-state index in [2.05, 4.69) is 38.2 Å². The molecule has 0 spiro atoms. The highest BCUT2D eigenvalue weighted by Gasteiger charge is 2.28. The third kappa shape index (κ3) is 6.09. The van der Waals surface area contributed by atoms with E-state index in [-0.39, 0.29) is 17.6 Å². The molecule has 0 aliphatic heterocycles. The van der Waals surface area contributed by atoms with E-state index in [9.17, 15) is 4.79 Å². The van der Waals surface area contributed by atoms with E-state index in [0.29, 0.717) is 0 Å². The van der Waals surface area contributed by atoms with Crippen molar-refractivity contribution in [2.75, 3.05) is 0 Å². The van der Waals surface area contributed by atoms with Crippen molar-refractivity contribution in [2.45, 2.75) is 59.6 Å². The first-order valence-corrected chi connectivity index (χ1v) is 7.11. The van der Waals surface area contributed by atoms with Gasteiger partial charge in [0.1, 0.15) is 5.60 Å². The standard InChI is InChI=1S/C17H27NO2/c1-16(2,3)14(12-13-10-8-7-9-11-13)18-15(19)20-17(4,5)6/h7-11,14H,12H2,1-6H3,(H,18,19). The van der Waals surface area contributed by atoms with Gasteiger partial charge in [0.2, 0.25) is 0 Å². The van der Waals surface area contributed by atoms with Crippen LogP contribution in [0, 0.1) is 5.41 Å². The van der Waals surface area contributed by atoms with Crippen molar-refractivity contribution >= 4 is 6.09 Å². The Morgan fingerprint density at radius 1 is 1.10 bits per heavy atom. The minimum absolute atomic E-state index is 0.0275. The Labute approximate surface area is 122 Å².